The SMILES string of the molecule is Cc1ccc([Si]NO[Si](C)(C)C(C)(C)C)c(C)c1. The van der Waals surface area contributed by atoms with Crippen LogP contribution in [0.4, 0.5) is 0 Å². The third kappa shape index (κ3) is 4.05. The van der Waals surface area contributed by atoms with Gasteiger partial charge in [-0.1, -0.05) is 50.1 Å². The largest absolute Gasteiger partial charge is 0.352 e. The molecule has 0 aliphatic carbocycles. The standard InChI is InChI=1S/C14H25NOSi2/c1-11-8-9-13(12(2)10-11)17-15-16-18(6,7)14(3,4)5/h8-10,15H,1-7H3. The predicted octanol–water partition coefficient (Wildman–Crippen LogP) is 3.07. The van der Waals surface area contributed by atoms with Crippen molar-refractivity contribution in [3.8, 4) is 0 Å². The Labute approximate surface area is 115 Å². The molecule has 0 aliphatic rings. The first kappa shape index (κ1) is 15.6. The fraction of sp³-hybridized carbons (Fsp3) is 0.571. The second-order valence-electron chi connectivity index (χ2n) is 6.41. The lowest BCUT2D eigenvalue weighted by Gasteiger charge is -2.35. The van der Waals surface area contributed by atoms with Crippen molar-refractivity contribution in [3.05, 3.63) is 29.3 Å². The van der Waals surface area contributed by atoms with Gasteiger partial charge in [0, 0.05) is 0 Å². The van der Waals surface area contributed by atoms with E-state index in [1.165, 1.54) is 16.3 Å². The van der Waals surface area contributed by atoms with Crippen LogP contribution in [0.1, 0.15) is 31.9 Å². The van der Waals surface area contributed by atoms with E-state index < -0.39 is 8.32 Å². The van der Waals surface area contributed by atoms with Crippen molar-refractivity contribution in [2.75, 3.05) is 0 Å². The third-order valence-corrected chi connectivity index (χ3v) is 9.14. The van der Waals surface area contributed by atoms with Crippen LogP contribution in [0, 0.1) is 13.8 Å². The number of benzene rings is 1. The van der Waals surface area contributed by atoms with Gasteiger partial charge in [-0.3, -0.25) is 0 Å². The maximum absolute atomic E-state index is 5.98. The summed E-state index contributed by atoms with van der Waals surface area (Å²) in [5.74, 6) is 0. The molecule has 1 rings (SSSR count). The molecule has 0 aliphatic heterocycles. The zero-order valence-corrected chi connectivity index (χ0v) is 14.6. The average molecular weight is 280 g/mol. The topological polar surface area (TPSA) is 21.3 Å². The second-order valence-corrected chi connectivity index (χ2v) is 12.1. The summed E-state index contributed by atoms with van der Waals surface area (Å²) >= 11 is 0. The summed E-state index contributed by atoms with van der Waals surface area (Å²) < 4.78 is 5.98. The van der Waals surface area contributed by atoms with E-state index in [0.29, 0.717) is 9.68 Å². The minimum atomic E-state index is -1.69. The monoisotopic (exact) mass is 279 g/mol. The smallest absolute Gasteiger partial charge is 0.218 e. The maximum Gasteiger partial charge on any atom is 0.218 e. The first-order chi connectivity index (χ1) is 8.13. The first-order valence-corrected chi connectivity index (χ1v) is 10.3. The average Bonchev–Trinajstić information content (AvgIpc) is 2.19. The predicted molar refractivity (Wildman–Crippen MR) is 82.7 cm³/mol. The van der Waals surface area contributed by atoms with E-state index in [1.54, 1.807) is 0 Å². The van der Waals surface area contributed by atoms with Crippen molar-refractivity contribution in [2.24, 2.45) is 0 Å². The van der Waals surface area contributed by atoms with Crippen LogP contribution in [0.15, 0.2) is 18.2 Å². The normalized spacial score (nSPS) is 12.8. The van der Waals surface area contributed by atoms with Crippen molar-refractivity contribution in [1.82, 2.24) is 5.15 Å². The lowest BCUT2D eigenvalue weighted by molar-refractivity contribution is 0.246. The highest BCUT2D eigenvalue weighted by Crippen LogP contribution is 2.35. The molecule has 18 heavy (non-hydrogen) atoms. The first-order valence-electron chi connectivity index (χ1n) is 6.40. The minimum Gasteiger partial charge on any atom is -0.352 e. The van der Waals surface area contributed by atoms with Gasteiger partial charge in [0.2, 0.25) is 18.0 Å². The van der Waals surface area contributed by atoms with Crippen LogP contribution in [0.3, 0.4) is 0 Å². The van der Waals surface area contributed by atoms with Gasteiger partial charge in [0.25, 0.3) is 0 Å². The number of nitrogens with one attached hydrogen (secondary N) is 1. The highest BCUT2D eigenvalue weighted by molar-refractivity contribution is 6.74. The van der Waals surface area contributed by atoms with Crippen molar-refractivity contribution in [3.63, 3.8) is 0 Å². The molecule has 0 spiro atoms. The number of rotatable bonds is 4. The van der Waals surface area contributed by atoms with Crippen LogP contribution in [-0.2, 0) is 4.53 Å². The summed E-state index contributed by atoms with van der Waals surface area (Å²) in [5.41, 5.74) is 2.64. The quantitative estimate of drug-likeness (QED) is 0.675. The second kappa shape index (κ2) is 5.69. The molecule has 2 radical (unpaired) electrons. The van der Waals surface area contributed by atoms with E-state index in [-0.39, 0.29) is 5.04 Å². The van der Waals surface area contributed by atoms with Gasteiger partial charge in [-0.05, 0) is 37.2 Å². The Bertz CT molecular complexity index is 411. The lowest BCUT2D eigenvalue weighted by Crippen LogP contribution is -2.47. The molecule has 0 fully saturated rings. The Morgan fingerprint density at radius 2 is 1.78 bits per heavy atom. The Morgan fingerprint density at radius 1 is 1.17 bits per heavy atom. The molecule has 0 saturated carbocycles. The van der Waals surface area contributed by atoms with Crippen molar-refractivity contribution in [2.45, 2.75) is 52.8 Å². The molecule has 4 heteroatoms. The number of hydrogen-bond acceptors (Lipinski definition) is 2. The molecule has 0 atom stereocenters. The fourth-order valence-electron chi connectivity index (χ4n) is 1.32. The van der Waals surface area contributed by atoms with E-state index >= 15 is 0 Å². The summed E-state index contributed by atoms with van der Waals surface area (Å²) in [6.45, 7) is 15.5. The lowest BCUT2D eigenvalue weighted by atomic mass is 10.2. The summed E-state index contributed by atoms with van der Waals surface area (Å²) in [4.78, 5) is 0. The Kier molecular flexibility index (Phi) is 4.94. The molecule has 0 unspecified atom stereocenters. The van der Waals surface area contributed by atoms with E-state index in [4.69, 9.17) is 4.53 Å². The highest BCUT2D eigenvalue weighted by Gasteiger charge is 2.37. The van der Waals surface area contributed by atoms with Gasteiger partial charge in [0.05, 0.1) is 0 Å². The molecule has 0 aromatic heterocycles. The van der Waals surface area contributed by atoms with Gasteiger partial charge in [-0.2, -0.15) is 0 Å². The zero-order valence-electron chi connectivity index (χ0n) is 12.6. The molecule has 0 bridgehead atoms. The summed E-state index contributed by atoms with van der Waals surface area (Å²) in [6.07, 6.45) is 0. The van der Waals surface area contributed by atoms with Crippen molar-refractivity contribution < 1.29 is 4.53 Å². The molecule has 2 nitrogen and oxygen atoms in total. The van der Waals surface area contributed by atoms with Crippen LogP contribution in [-0.4, -0.2) is 18.0 Å². The van der Waals surface area contributed by atoms with Crippen LogP contribution < -0.4 is 10.3 Å². The molecular weight excluding hydrogens is 254 g/mol. The number of hydrogen-bond donors (Lipinski definition) is 1. The van der Waals surface area contributed by atoms with Crippen LogP contribution in [0.2, 0.25) is 18.1 Å². The molecule has 0 heterocycles. The van der Waals surface area contributed by atoms with E-state index in [9.17, 15) is 0 Å². The van der Waals surface area contributed by atoms with Crippen LogP contribution in [0.25, 0.3) is 0 Å². The van der Waals surface area contributed by atoms with Crippen molar-refractivity contribution >= 4 is 23.2 Å². The zero-order chi connectivity index (χ0) is 14.0. The molecule has 0 saturated heterocycles. The van der Waals surface area contributed by atoms with E-state index in [0.717, 1.165) is 0 Å². The molecule has 1 aromatic rings. The fourth-order valence-corrected chi connectivity index (χ4v) is 3.39. The van der Waals surface area contributed by atoms with Crippen molar-refractivity contribution in [1.29, 1.82) is 0 Å². The maximum atomic E-state index is 5.98. The Hall–Kier alpha value is -0.426. The molecule has 100 valence electrons. The van der Waals surface area contributed by atoms with Gasteiger partial charge in [-0.25, -0.2) is 5.15 Å². The Balaban J connectivity index is 2.57. The van der Waals surface area contributed by atoms with Crippen LogP contribution in [0.5, 0.6) is 0 Å². The molecular formula is C14H25NOSi2. The molecule has 1 aromatic carbocycles. The highest BCUT2D eigenvalue weighted by atomic mass is 28.4. The molecule has 1 N–H and O–H groups in total. The van der Waals surface area contributed by atoms with Gasteiger partial charge in [0.15, 0.2) is 0 Å². The summed E-state index contributed by atoms with van der Waals surface area (Å²) in [7, 11) is -1.18. The van der Waals surface area contributed by atoms with Gasteiger partial charge >= 0.3 is 0 Å². The third-order valence-electron chi connectivity index (χ3n) is 3.68. The summed E-state index contributed by atoms with van der Waals surface area (Å²) in [6, 6.07) is 6.56. The summed E-state index contributed by atoms with van der Waals surface area (Å²) in [5, 5.41) is 4.77. The minimum absolute atomic E-state index is 0.243. The van der Waals surface area contributed by atoms with E-state index in [2.05, 4.69) is 71.1 Å². The Morgan fingerprint density at radius 3 is 2.28 bits per heavy atom. The van der Waals surface area contributed by atoms with E-state index in [1.807, 2.05) is 0 Å². The van der Waals surface area contributed by atoms with Gasteiger partial charge in [-0.15, -0.1) is 0 Å². The van der Waals surface area contributed by atoms with Crippen LogP contribution >= 0.6 is 0 Å². The number of aryl methyl sites for hydroxylation is 2. The molecule has 0 amide bonds. The van der Waals surface area contributed by atoms with Gasteiger partial charge in [0.1, 0.15) is 0 Å². The van der Waals surface area contributed by atoms with Gasteiger partial charge < -0.3 is 4.53 Å².